The molecule has 0 spiro atoms. The lowest BCUT2D eigenvalue weighted by Gasteiger charge is -2.17. The molecule has 0 radical (unpaired) electrons. The van der Waals surface area contributed by atoms with E-state index < -0.39 is 5.97 Å². The summed E-state index contributed by atoms with van der Waals surface area (Å²) in [6.45, 7) is 2.03. The summed E-state index contributed by atoms with van der Waals surface area (Å²) >= 11 is 0. The van der Waals surface area contributed by atoms with Crippen LogP contribution >= 0.6 is 0 Å². The third kappa shape index (κ3) is 4.72. The number of nitrogens with one attached hydrogen (secondary N) is 1. The summed E-state index contributed by atoms with van der Waals surface area (Å²) in [6.07, 6.45) is 3.49. The van der Waals surface area contributed by atoms with Crippen LogP contribution in [-0.2, 0) is 4.79 Å². The molecule has 0 fully saturated rings. The van der Waals surface area contributed by atoms with Crippen molar-refractivity contribution < 1.29 is 14.6 Å². The van der Waals surface area contributed by atoms with Crippen LogP contribution < -0.4 is 10.1 Å². The lowest BCUT2D eigenvalue weighted by molar-refractivity contribution is -0.137. The van der Waals surface area contributed by atoms with Crippen LogP contribution in [0.15, 0.2) is 18.3 Å². The first-order valence-electron chi connectivity index (χ1n) is 5.64. The normalized spacial score (nSPS) is 11.9. The molecule has 94 valence electrons. The van der Waals surface area contributed by atoms with E-state index in [0.29, 0.717) is 5.88 Å². The lowest BCUT2D eigenvalue weighted by atomic mass is 10.1. The van der Waals surface area contributed by atoms with Gasteiger partial charge in [0.1, 0.15) is 0 Å². The molecule has 0 aromatic carbocycles. The highest BCUT2D eigenvalue weighted by Crippen LogP contribution is 2.16. The monoisotopic (exact) mass is 238 g/mol. The first-order valence-corrected chi connectivity index (χ1v) is 5.64. The molecule has 1 aromatic heterocycles. The summed E-state index contributed by atoms with van der Waals surface area (Å²) in [5, 5.41) is 12.0. The predicted octanol–water partition coefficient (Wildman–Crippen LogP) is 2.15. The van der Waals surface area contributed by atoms with Crippen molar-refractivity contribution in [3.63, 3.8) is 0 Å². The Hall–Kier alpha value is -1.78. The van der Waals surface area contributed by atoms with Crippen LogP contribution in [0.1, 0.15) is 26.2 Å². The summed E-state index contributed by atoms with van der Waals surface area (Å²) in [5.41, 5.74) is 0.830. The first-order chi connectivity index (χ1) is 8.15. The van der Waals surface area contributed by atoms with Gasteiger partial charge in [-0.05, 0) is 12.5 Å². The Labute approximate surface area is 101 Å². The van der Waals surface area contributed by atoms with Gasteiger partial charge >= 0.3 is 5.97 Å². The molecule has 5 nitrogen and oxygen atoms in total. The van der Waals surface area contributed by atoms with Crippen LogP contribution in [0, 0.1) is 0 Å². The molecule has 1 heterocycles. The molecule has 5 heteroatoms. The smallest absolute Gasteiger partial charge is 0.305 e. The number of hydrogen-bond acceptors (Lipinski definition) is 4. The lowest BCUT2D eigenvalue weighted by Crippen LogP contribution is -2.22. The van der Waals surface area contributed by atoms with E-state index in [2.05, 4.69) is 10.3 Å². The molecule has 1 unspecified atom stereocenters. The molecule has 1 rings (SSSR count). The number of ether oxygens (including phenoxy) is 1. The molecule has 0 saturated heterocycles. The van der Waals surface area contributed by atoms with Crippen molar-refractivity contribution >= 4 is 11.7 Å². The zero-order valence-corrected chi connectivity index (χ0v) is 10.1. The standard InChI is InChI=1S/C12H18N2O3/c1-3-4-9(8-12(15)16)14-10-5-6-13-11(7-10)17-2/h5-7,9H,3-4,8H2,1-2H3,(H,13,14)(H,15,16). The van der Waals surface area contributed by atoms with E-state index in [4.69, 9.17) is 9.84 Å². The van der Waals surface area contributed by atoms with E-state index in [9.17, 15) is 4.79 Å². The number of nitrogens with zero attached hydrogens (tertiary/aromatic N) is 1. The number of carbonyl (C=O) groups is 1. The second kappa shape index (κ2) is 6.73. The maximum absolute atomic E-state index is 10.7. The topological polar surface area (TPSA) is 71.5 Å². The highest BCUT2D eigenvalue weighted by Gasteiger charge is 2.12. The van der Waals surface area contributed by atoms with Crippen LogP contribution in [0.5, 0.6) is 5.88 Å². The minimum absolute atomic E-state index is 0.0652. The van der Waals surface area contributed by atoms with Crippen molar-refractivity contribution in [1.82, 2.24) is 4.98 Å². The highest BCUT2D eigenvalue weighted by atomic mass is 16.5. The molecule has 0 aliphatic rings. The van der Waals surface area contributed by atoms with E-state index in [1.165, 1.54) is 0 Å². The van der Waals surface area contributed by atoms with Gasteiger partial charge in [-0.1, -0.05) is 13.3 Å². The average molecular weight is 238 g/mol. The molecule has 1 atom stereocenters. The van der Waals surface area contributed by atoms with Crippen molar-refractivity contribution in [3.8, 4) is 5.88 Å². The second-order valence-electron chi connectivity index (χ2n) is 3.81. The third-order valence-corrected chi connectivity index (χ3v) is 2.37. The number of aromatic nitrogens is 1. The molecular weight excluding hydrogens is 220 g/mol. The molecule has 0 bridgehead atoms. The van der Waals surface area contributed by atoms with Crippen molar-refractivity contribution in [2.75, 3.05) is 12.4 Å². The number of rotatable bonds is 7. The van der Waals surface area contributed by atoms with E-state index in [1.807, 2.05) is 6.92 Å². The Kier molecular flexibility index (Phi) is 5.26. The SMILES string of the molecule is CCCC(CC(=O)O)Nc1ccnc(OC)c1. The third-order valence-electron chi connectivity index (χ3n) is 2.37. The highest BCUT2D eigenvalue weighted by molar-refractivity contribution is 5.68. The molecule has 0 aliphatic carbocycles. The largest absolute Gasteiger partial charge is 0.481 e. The van der Waals surface area contributed by atoms with Gasteiger partial charge in [0.15, 0.2) is 0 Å². The number of carboxylic acids is 1. The van der Waals surface area contributed by atoms with Crippen LogP contribution in [0.4, 0.5) is 5.69 Å². The maximum Gasteiger partial charge on any atom is 0.305 e. The predicted molar refractivity (Wildman–Crippen MR) is 65.4 cm³/mol. The van der Waals surface area contributed by atoms with Gasteiger partial charge < -0.3 is 15.2 Å². The van der Waals surface area contributed by atoms with Gasteiger partial charge in [0.05, 0.1) is 13.5 Å². The van der Waals surface area contributed by atoms with E-state index in [1.54, 1.807) is 25.4 Å². The second-order valence-corrected chi connectivity index (χ2v) is 3.81. The Bertz CT molecular complexity index is 369. The quantitative estimate of drug-likeness (QED) is 0.761. The van der Waals surface area contributed by atoms with E-state index in [0.717, 1.165) is 18.5 Å². The zero-order valence-electron chi connectivity index (χ0n) is 10.1. The number of methoxy groups -OCH3 is 1. The molecular formula is C12H18N2O3. The zero-order chi connectivity index (χ0) is 12.7. The van der Waals surface area contributed by atoms with E-state index in [-0.39, 0.29) is 12.5 Å². The molecule has 0 amide bonds. The number of hydrogen-bond donors (Lipinski definition) is 2. The fourth-order valence-electron chi connectivity index (χ4n) is 1.63. The van der Waals surface area contributed by atoms with Gasteiger partial charge in [-0.15, -0.1) is 0 Å². The number of anilines is 1. The number of carboxylic acid groups (broad SMARTS) is 1. The fourth-order valence-corrected chi connectivity index (χ4v) is 1.63. The van der Waals surface area contributed by atoms with Crippen molar-refractivity contribution in [1.29, 1.82) is 0 Å². The number of aliphatic carboxylic acids is 1. The fraction of sp³-hybridized carbons (Fsp3) is 0.500. The molecule has 17 heavy (non-hydrogen) atoms. The van der Waals surface area contributed by atoms with Crippen molar-refractivity contribution in [2.45, 2.75) is 32.2 Å². The van der Waals surface area contributed by atoms with Crippen molar-refractivity contribution in [3.05, 3.63) is 18.3 Å². The summed E-state index contributed by atoms with van der Waals surface area (Å²) in [6, 6.07) is 3.49. The molecule has 0 saturated carbocycles. The Morgan fingerprint density at radius 3 is 3.00 bits per heavy atom. The Morgan fingerprint density at radius 1 is 1.65 bits per heavy atom. The summed E-state index contributed by atoms with van der Waals surface area (Å²) in [5.74, 6) is -0.280. The summed E-state index contributed by atoms with van der Waals surface area (Å²) in [4.78, 5) is 14.7. The van der Waals surface area contributed by atoms with Gasteiger partial charge in [0, 0.05) is 24.0 Å². The van der Waals surface area contributed by atoms with Crippen LogP contribution in [0.25, 0.3) is 0 Å². The van der Waals surface area contributed by atoms with Gasteiger partial charge in [0.25, 0.3) is 0 Å². The minimum Gasteiger partial charge on any atom is -0.481 e. The number of pyridine rings is 1. The van der Waals surface area contributed by atoms with Gasteiger partial charge in [-0.2, -0.15) is 0 Å². The Morgan fingerprint density at radius 2 is 2.41 bits per heavy atom. The van der Waals surface area contributed by atoms with Gasteiger partial charge in [-0.25, -0.2) is 4.98 Å². The molecule has 2 N–H and O–H groups in total. The molecule has 0 aliphatic heterocycles. The first kappa shape index (κ1) is 13.3. The van der Waals surface area contributed by atoms with Crippen molar-refractivity contribution in [2.24, 2.45) is 0 Å². The van der Waals surface area contributed by atoms with Crippen LogP contribution in [0.2, 0.25) is 0 Å². The van der Waals surface area contributed by atoms with Gasteiger partial charge in [0.2, 0.25) is 5.88 Å². The minimum atomic E-state index is -0.794. The maximum atomic E-state index is 10.7. The summed E-state index contributed by atoms with van der Waals surface area (Å²) in [7, 11) is 1.55. The molecule has 1 aromatic rings. The Balaban J connectivity index is 2.67. The van der Waals surface area contributed by atoms with E-state index >= 15 is 0 Å². The van der Waals surface area contributed by atoms with Crippen LogP contribution in [0.3, 0.4) is 0 Å². The van der Waals surface area contributed by atoms with Crippen LogP contribution in [-0.4, -0.2) is 29.2 Å². The average Bonchev–Trinajstić information content (AvgIpc) is 2.29. The van der Waals surface area contributed by atoms with Gasteiger partial charge in [-0.3, -0.25) is 4.79 Å². The summed E-state index contributed by atoms with van der Waals surface area (Å²) < 4.78 is 5.01.